The number of phosphoric ester groups is 1. The van der Waals surface area contributed by atoms with Crippen molar-refractivity contribution in [3.63, 3.8) is 0 Å². The number of rotatable bonds is 45. The van der Waals surface area contributed by atoms with Crippen LogP contribution in [0.4, 0.5) is 0 Å². The van der Waals surface area contributed by atoms with Crippen LogP contribution in [0, 0.1) is 0 Å². The van der Waals surface area contributed by atoms with Gasteiger partial charge < -0.3 is 20.1 Å². The van der Waals surface area contributed by atoms with Crippen molar-refractivity contribution in [2.24, 2.45) is 5.73 Å². The van der Waals surface area contributed by atoms with E-state index in [0.717, 1.165) is 44.9 Å². The molecule has 57 heavy (non-hydrogen) atoms. The maximum Gasteiger partial charge on any atom is 0.472 e. The van der Waals surface area contributed by atoms with Gasteiger partial charge in [-0.25, -0.2) is 4.57 Å². The molecule has 0 saturated carbocycles. The summed E-state index contributed by atoms with van der Waals surface area (Å²) in [7, 11) is -4.38. The average Bonchev–Trinajstić information content (AvgIpc) is 3.20. The van der Waals surface area contributed by atoms with Gasteiger partial charge in [-0.05, 0) is 64.2 Å². The van der Waals surface area contributed by atoms with E-state index < -0.39 is 26.5 Å². The number of carbonyl (C=O) groups is 2. The fourth-order valence-corrected chi connectivity index (χ4v) is 7.51. The van der Waals surface area contributed by atoms with Crippen molar-refractivity contribution in [1.82, 2.24) is 0 Å². The minimum absolute atomic E-state index is 0.0524. The van der Waals surface area contributed by atoms with Crippen LogP contribution < -0.4 is 5.73 Å². The molecule has 0 aliphatic rings. The van der Waals surface area contributed by atoms with Gasteiger partial charge in [0.25, 0.3) is 0 Å². The van der Waals surface area contributed by atoms with Gasteiger partial charge in [0.15, 0.2) is 6.10 Å². The molecule has 0 fully saturated rings. The van der Waals surface area contributed by atoms with Crippen molar-refractivity contribution in [3.8, 4) is 0 Å². The monoisotopic (exact) mass is 828 g/mol. The molecule has 0 spiro atoms. The number of nitrogens with two attached hydrogens (primary N) is 1. The molecule has 9 nitrogen and oxygen atoms in total. The van der Waals surface area contributed by atoms with E-state index in [1.807, 2.05) is 0 Å². The number of hydrogen-bond donors (Lipinski definition) is 2. The SMILES string of the molecule is CCCCCCCC/C=C/CCCCCCCCCCCCCC(=O)OC[C@@H](COP(=O)(O)OCCN)OC(=O)CCCCC/C=C/CCCCCCCCCC. The van der Waals surface area contributed by atoms with E-state index in [0.29, 0.717) is 6.42 Å². The summed E-state index contributed by atoms with van der Waals surface area (Å²) < 4.78 is 32.8. The summed E-state index contributed by atoms with van der Waals surface area (Å²) in [5, 5.41) is 0. The summed E-state index contributed by atoms with van der Waals surface area (Å²) in [5.74, 6) is -0.839. The smallest absolute Gasteiger partial charge is 0.462 e. The van der Waals surface area contributed by atoms with Gasteiger partial charge in [0.1, 0.15) is 6.61 Å². The largest absolute Gasteiger partial charge is 0.472 e. The second-order valence-electron chi connectivity index (χ2n) is 16.0. The highest BCUT2D eigenvalue weighted by Crippen LogP contribution is 2.43. The van der Waals surface area contributed by atoms with E-state index >= 15 is 0 Å². The molecular weight excluding hydrogens is 737 g/mol. The third-order valence-electron chi connectivity index (χ3n) is 10.3. The van der Waals surface area contributed by atoms with E-state index in [1.165, 1.54) is 154 Å². The lowest BCUT2D eigenvalue weighted by molar-refractivity contribution is -0.161. The second kappa shape index (κ2) is 44.1. The van der Waals surface area contributed by atoms with Gasteiger partial charge in [-0.3, -0.25) is 18.6 Å². The molecular formula is C47H90NO8P. The number of allylic oxidation sites excluding steroid dienone is 4. The Balaban J connectivity index is 4.06. The molecule has 0 rings (SSSR count). The van der Waals surface area contributed by atoms with Crippen LogP contribution in [0.2, 0.25) is 0 Å². The molecule has 0 amide bonds. The van der Waals surface area contributed by atoms with Crippen LogP contribution in [0.3, 0.4) is 0 Å². The zero-order chi connectivity index (χ0) is 41.8. The van der Waals surface area contributed by atoms with Crippen LogP contribution >= 0.6 is 7.82 Å². The van der Waals surface area contributed by atoms with Gasteiger partial charge in [-0.1, -0.05) is 179 Å². The van der Waals surface area contributed by atoms with E-state index in [9.17, 15) is 19.0 Å². The standard InChI is InChI=1S/C47H90NO8P/c1-3-5-7-9-11-13-15-17-19-20-21-22-23-24-26-27-29-31-33-35-37-39-46(49)53-43-45(44-55-57(51,52)54-42-41-48)56-47(50)40-38-36-34-32-30-28-25-18-16-14-12-10-8-6-4-2/h17,19,28,30,45H,3-16,18,20-27,29,31-44,48H2,1-2H3,(H,51,52)/b19-17+,30-28+/t45-/m0/s1. The molecule has 2 atom stereocenters. The van der Waals surface area contributed by atoms with Gasteiger partial charge >= 0.3 is 19.8 Å². The van der Waals surface area contributed by atoms with Crippen LogP contribution in [0.25, 0.3) is 0 Å². The van der Waals surface area contributed by atoms with Crippen LogP contribution in [0.15, 0.2) is 24.3 Å². The van der Waals surface area contributed by atoms with Crippen molar-refractivity contribution in [1.29, 1.82) is 0 Å². The molecule has 0 saturated heterocycles. The first-order valence-electron chi connectivity index (χ1n) is 23.8. The first kappa shape index (κ1) is 55.5. The predicted octanol–water partition coefficient (Wildman–Crippen LogP) is 13.9. The third kappa shape index (κ3) is 43.9. The summed E-state index contributed by atoms with van der Waals surface area (Å²) in [6.45, 7) is 3.74. The molecule has 0 aromatic rings. The van der Waals surface area contributed by atoms with Crippen LogP contribution in [0.5, 0.6) is 0 Å². The number of esters is 2. The maximum absolute atomic E-state index is 12.6. The van der Waals surface area contributed by atoms with Crippen molar-refractivity contribution in [3.05, 3.63) is 24.3 Å². The van der Waals surface area contributed by atoms with Gasteiger partial charge in [0, 0.05) is 19.4 Å². The highest BCUT2D eigenvalue weighted by Gasteiger charge is 2.26. The Morgan fingerprint density at radius 2 is 0.860 bits per heavy atom. The molecule has 0 aliphatic heterocycles. The summed E-state index contributed by atoms with van der Waals surface area (Å²) >= 11 is 0. The summed E-state index contributed by atoms with van der Waals surface area (Å²) in [6, 6.07) is 0. The fourth-order valence-electron chi connectivity index (χ4n) is 6.74. The second-order valence-corrected chi connectivity index (χ2v) is 17.4. The van der Waals surface area contributed by atoms with E-state index in [-0.39, 0.29) is 38.6 Å². The van der Waals surface area contributed by atoms with Crippen LogP contribution in [-0.4, -0.2) is 49.3 Å². The fraction of sp³-hybridized carbons (Fsp3) is 0.872. The summed E-state index contributed by atoms with van der Waals surface area (Å²) in [4.78, 5) is 34.9. The first-order chi connectivity index (χ1) is 27.8. The maximum atomic E-state index is 12.6. The van der Waals surface area contributed by atoms with Gasteiger partial charge in [0.2, 0.25) is 0 Å². The zero-order valence-electron chi connectivity index (χ0n) is 37.1. The minimum Gasteiger partial charge on any atom is -0.462 e. The third-order valence-corrected chi connectivity index (χ3v) is 11.3. The van der Waals surface area contributed by atoms with E-state index in [2.05, 4.69) is 38.2 Å². The molecule has 10 heteroatoms. The lowest BCUT2D eigenvalue weighted by Crippen LogP contribution is -2.29. The van der Waals surface area contributed by atoms with Crippen molar-refractivity contribution < 1.29 is 37.6 Å². The highest BCUT2D eigenvalue weighted by atomic mass is 31.2. The first-order valence-corrected chi connectivity index (χ1v) is 25.3. The Labute approximate surface area is 351 Å². The van der Waals surface area contributed by atoms with Crippen molar-refractivity contribution >= 4 is 19.8 Å². The molecule has 1 unspecified atom stereocenters. The number of hydrogen-bond acceptors (Lipinski definition) is 8. The average molecular weight is 828 g/mol. The molecule has 0 aromatic carbocycles. The number of unbranched alkanes of at least 4 members (excludes halogenated alkanes) is 28. The number of phosphoric acid groups is 1. The van der Waals surface area contributed by atoms with Crippen LogP contribution in [-0.2, 0) is 32.7 Å². The lowest BCUT2D eigenvalue weighted by Gasteiger charge is -2.19. The molecule has 0 aromatic heterocycles. The van der Waals surface area contributed by atoms with Gasteiger partial charge in [-0.2, -0.15) is 0 Å². The summed E-state index contributed by atoms with van der Waals surface area (Å²) in [5.41, 5.74) is 5.35. The predicted molar refractivity (Wildman–Crippen MR) is 238 cm³/mol. The van der Waals surface area contributed by atoms with Crippen molar-refractivity contribution in [2.45, 2.75) is 238 Å². The number of carbonyl (C=O) groups excluding carboxylic acids is 2. The molecule has 0 aliphatic carbocycles. The number of ether oxygens (including phenoxy) is 2. The van der Waals surface area contributed by atoms with E-state index in [1.54, 1.807) is 0 Å². The Kier molecular flexibility index (Phi) is 42.9. The topological polar surface area (TPSA) is 134 Å². The Morgan fingerprint density at radius 3 is 1.26 bits per heavy atom. The minimum atomic E-state index is -4.38. The molecule has 336 valence electrons. The molecule has 0 radical (unpaired) electrons. The molecule has 0 bridgehead atoms. The molecule has 0 heterocycles. The normalized spacial score (nSPS) is 13.4. The zero-order valence-corrected chi connectivity index (χ0v) is 38.0. The quantitative estimate of drug-likeness (QED) is 0.0266. The summed E-state index contributed by atoms with van der Waals surface area (Å²) in [6.07, 6.45) is 47.8. The Morgan fingerprint density at radius 1 is 0.509 bits per heavy atom. The Bertz CT molecular complexity index is 990. The molecule has 3 N–H and O–H groups in total. The van der Waals surface area contributed by atoms with E-state index in [4.69, 9.17) is 24.3 Å². The van der Waals surface area contributed by atoms with Crippen LogP contribution in [0.1, 0.15) is 232 Å². The van der Waals surface area contributed by atoms with Gasteiger partial charge in [0.05, 0.1) is 13.2 Å². The Hall–Kier alpha value is -1.51. The lowest BCUT2D eigenvalue weighted by atomic mass is 10.0. The van der Waals surface area contributed by atoms with Gasteiger partial charge in [-0.15, -0.1) is 0 Å². The highest BCUT2D eigenvalue weighted by molar-refractivity contribution is 7.47. The van der Waals surface area contributed by atoms with Crippen molar-refractivity contribution in [2.75, 3.05) is 26.4 Å².